The van der Waals surface area contributed by atoms with Crippen molar-refractivity contribution in [1.29, 1.82) is 0 Å². The number of halogens is 1. The Morgan fingerprint density at radius 2 is 1.52 bits per heavy atom. The molecule has 0 atom stereocenters. The lowest BCUT2D eigenvalue weighted by molar-refractivity contribution is -0.121. The zero-order valence-electron chi connectivity index (χ0n) is 15.1. The molecule has 2 amide bonds. The molecular formula is C21H14ClN5O2. The second kappa shape index (κ2) is 6.79. The SMILES string of the molecule is O=C1CCC(=O)N1c1nc2nc(-c3ccc(Cl)cc3)cc(-c3ccccc3)n2n1. The number of hydrogen-bond acceptors (Lipinski definition) is 5. The lowest BCUT2D eigenvalue weighted by Gasteiger charge is -2.08. The van der Waals surface area contributed by atoms with Crippen molar-refractivity contribution in [2.24, 2.45) is 0 Å². The molecule has 7 nitrogen and oxygen atoms in total. The van der Waals surface area contributed by atoms with Gasteiger partial charge in [0, 0.05) is 29.0 Å². The van der Waals surface area contributed by atoms with E-state index in [0.29, 0.717) is 16.5 Å². The van der Waals surface area contributed by atoms with Gasteiger partial charge in [-0.25, -0.2) is 9.88 Å². The van der Waals surface area contributed by atoms with E-state index in [4.69, 9.17) is 11.6 Å². The number of hydrogen-bond donors (Lipinski definition) is 0. The summed E-state index contributed by atoms with van der Waals surface area (Å²) in [7, 11) is 0. The minimum absolute atomic E-state index is 0.0513. The third kappa shape index (κ3) is 3.05. The number of carbonyl (C=O) groups excluding carboxylic acids is 2. The molecule has 0 spiro atoms. The molecule has 3 heterocycles. The second-order valence-corrected chi connectivity index (χ2v) is 7.08. The van der Waals surface area contributed by atoms with Crippen molar-refractivity contribution in [3.63, 3.8) is 0 Å². The van der Waals surface area contributed by atoms with Gasteiger partial charge in [0.2, 0.25) is 11.8 Å². The summed E-state index contributed by atoms with van der Waals surface area (Å²) >= 11 is 6.01. The van der Waals surface area contributed by atoms with Crippen molar-refractivity contribution < 1.29 is 9.59 Å². The zero-order chi connectivity index (χ0) is 20.0. The zero-order valence-corrected chi connectivity index (χ0v) is 15.9. The number of carbonyl (C=O) groups is 2. The Kier molecular flexibility index (Phi) is 4.10. The Bertz CT molecular complexity index is 1240. The molecular weight excluding hydrogens is 390 g/mol. The normalized spacial score (nSPS) is 14.2. The highest BCUT2D eigenvalue weighted by atomic mass is 35.5. The van der Waals surface area contributed by atoms with Crippen molar-refractivity contribution in [1.82, 2.24) is 19.6 Å². The van der Waals surface area contributed by atoms with Gasteiger partial charge in [0.25, 0.3) is 11.7 Å². The van der Waals surface area contributed by atoms with Gasteiger partial charge in [-0.15, -0.1) is 5.10 Å². The molecule has 0 N–H and O–H groups in total. The number of benzene rings is 2. The highest BCUT2D eigenvalue weighted by molar-refractivity contribution is 6.30. The maximum Gasteiger partial charge on any atom is 0.260 e. The smallest absolute Gasteiger partial charge is 0.260 e. The van der Waals surface area contributed by atoms with Gasteiger partial charge in [-0.3, -0.25) is 9.59 Å². The number of nitrogens with zero attached hydrogens (tertiary/aromatic N) is 5. The van der Waals surface area contributed by atoms with E-state index < -0.39 is 0 Å². The van der Waals surface area contributed by atoms with Crippen LogP contribution in [0, 0.1) is 0 Å². The van der Waals surface area contributed by atoms with Gasteiger partial charge >= 0.3 is 0 Å². The molecule has 0 radical (unpaired) electrons. The van der Waals surface area contributed by atoms with E-state index in [9.17, 15) is 9.59 Å². The lowest BCUT2D eigenvalue weighted by atomic mass is 10.1. The fraction of sp³-hybridized carbons (Fsp3) is 0.0952. The fourth-order valence-electron chi connectivity index (χ4n) is 3.34. The van der Waals surface area contributed by atoms with Crippen LogP contribution in [0.5, 0.6) is 0 Å². The van der Waals surface area contributed by atoms with Crippen LogP contribution >= 0.6 is 11.6 Å². The van der Waals surface area contributed by atoms with Crippen LogP contribution < -0.4 is 4.90 Å². The van der Waals surface area contributed by atoms with E-state index in [2.05, 4.69) is 15.1 Å². The Morgan fingerprint density at radius 3 is 2.21 bits per heavy atom. The topological polar surface area (TPSA) is 80.5 Å². The van der Waals surface area contributed by atoms with Crippen molar-refractivity contribution in [3.05, 3.63) is 65.7 Å². The highest BCUT2D eigenvalue weighted by Gasteiger charge is 2.33. The van der Waals surface area contributed by atoms with Gasteiger partial charge in [-0.2, -0.15) is 9.50 Å². The first kappa shape index (κ1) is 17.5. The average Bonchev–Trinajstić information content (AvgIpc) is 3.30. The molecule has 0 aliphatic carbocycles. The number of amides is 2. The Morgan fingerprint density at radius 1 is 0.828 bits per heavy atom. The summed E-state index contributed by atoms with van der Waals surface area (Å²) < 4.78 is 1.56. The van der Waals surface area contributed by atoms with Gasteiger partial charge in [0.05, 0.1) is 11.4 Å². The molecule has 0 unspecified atom stereocenters. The van der Waals surface area contributed by atoms with Crippen LogP contribution in [-0.4, -0.2) is 31.4 Å². The highest BCUT2D eigenvalue weighted by Crippen LogP contribution is 2.28. The summed E-state index contributed by atoms with van der Waals surface area (Å²) in [6.07, 6.45) is 0.340. The molecule has 5 rings (SSSR count). The molecule has 142 valence electrons. The summed E-state index contributed by atoms with van der Waals surface area (Å²) in [5.41, 5.74) is 3.21. The van der Waals surface area contributed by atoms with E-state index >= 15 is 0 Å². The molecule has 1 aliphatic rings. The molecule has 8 heteroatoms. The van der Waals surface area contributed by atoms with Crippen molar-refractivity contribution in [3.8, 4) is 22.5 Å². The van der Waals surface area contributed by atoms with Gasteiger partial charge in [-0.05, 0) is 18.2 Å². The van der Waals surface area contributed by atoms with E-state index in [1.807, 2.05) is 48.5 Å². The largest absolute Gasteiger partial charge is 0.274 e. The number of fused-ring (bicyclic) bond motifs is 1. The van der Waals surface area contributed by atoms with Gasteiger partial charge in [0.1, 0.15) is 0 Å². The maximum atomic E-state index is 12.1. The number of aromatic nitrogens is 4. The average molecular weight is 404 g/mol. The van der Waals surface area contributed by atoms with E-state index in [-0.39, 0.29) is 30.6 Å². The van der Waals surface area contributed by atoms with Crippen LogP contribution in [0.2, 0.25) is 5.02 Å². The molecule has 2 aromatic heterocycles. The monoisotopic (exact) mass is 403 g/mol. The fourth-order valence-corrected chi connectivity index (χ4v) is 3.46. The molecule has 0 bridgehead atoms. The minimum atomic E-state index is -0.301. The van der Waals surface area contributed by atoms with Crippen molar-refractivity contribution in [2.45, 2.75) is 12.8 Å². The first-order valence-electron chi connectivity index (χ1n) is 9.05. The summed E-state index contributed by atoms with van der Waals surface area (Å²) in [6.45, 7) is 0. The predicted molar refractivity (Wildman–Crippen MR) is 108 cm³/mol. The minimum Gasteiger partial charge on any atom is -0.274 e. The van der Waals surface area contributed by atoms with Gasteiger partial charge in [-0.1, -0.05) is 54.1 Å². The van der Waals surface area contributed by atoms with Gasteiger partial charge in [0.15, 0.2) is 0 Å². The molecule has 1 fully saturated rings. The molecule has 1 saturated heterocycles. The Hall–Kier alpha value is -3.58. The second-order valence-electron chi connectivity index (χ2n) is 6.65. The van der Waals surface area contributed by atoms with Crippen molar-refractivity contribution in [2.75, 3.05) is 4.90 Å². The molecule has 4 aromatic rings. The van der Waals surface area contributed by atoms with E-state index in [0.717, 1.165) is 21.7 Å². The number of imide groups is 1. The number of anilines is 1. The molecule has 29 heavy (non-hydrogen) atoms. The first-order chi connectivity index (χ1) is 14.1. The maximum absolute atomic E-state index is 12.1. The van der Waals surface area contributed by atoms with Crippen molar-refractivity contribution >= 4 is 35.1 Å². The van der Waals surface area contributed by atoms with E-state index in [1.54, 1.807) is 16.6 Å². The number of rotatable bonds is 3. The van der Waals surface area contributed by atoms with Crippen LogP contribution in [0.1, 0.15) is 12.8 Å². The quantitative estimate of drug-likeness (QED) is 0.486. The van der Waals surface area contributed by atoms with Crippen LogP contribution in [0.15, 0.2) is 60.7 Å². The summed E-state index contributed by atoms with van der Waals surface area (Å²) in [5, 5.41) is 5.06. The Balaban J connectivity index is 1.73. The summed E-state index contributed by atoms with van der Waals surface area (Å²) in [6, 6.07) is 18.9. The standard InChI is InChI=1S/C21H14ClN5O2/c22-15-8-6-13(7-9-15)16-12-17(14-4-2-1-3-5-14)27-20(23-16)24-21(25-27)26-18(28)10-11-19(26)29/h1-9,12H,10-11H2. The van der Waals surface area contributed by atoms with E-state index in [1.165, 1.54) is 0 Å². The molecule has 0 saturated carbocycles. The van der Waals surface area contributed by atoms with Gasteiger partial charge < -0.3 is 0 Å². The lowest BCUT2D eigenvalue weighted by Crippen LogP contribution is -2.29. The third-order valence-electron chi connectivity index (χ3n) is 4.76. The predicted octanol–water partition coefficient (Wildman–Crippen LogP) is 3.77. The van der Waals surface area contributed by atoms with Crippen LogP contribution in [-0.2, 0) is 9.59 Å². The van der Waals surface area contributed by atoms with Crippen LogP contribution in [0.4, 0.5) is 5.95 Å². The Labute approximate surface area is 170 Å². The van der Waals surface area contributed by atoms with Crippen LogP contribution in [0.25, 0.3) is 28.3 Å². The van der Waals surface area contributed by atoms with Crippen LogP contribution in [0.3, 0.4) is 0 Å². The third-order valence-corrected chi connectivity index (χ3v) is 5.01. The molecule has 2 aromatic carbocycles. The summed E-state index contributed by atoms with van der Waals surface area (Å²) in [5.74, 6) is -0.246. The molecule has 1 aliphatic heterocycles. The first-order valence-corrected chi connectivity index (χ1v) is 9.43. The summed E-state index contributed by atoms with van der Waals surface area (Å²) in [4.78, 5) is 34.3.